The van der Waals surface area contributed by atoms with Gasteiger partial charge in [0.25, 0.3) is 5.91 Å². The molecule has 1 aromatic rings. The van der Waals surface area contributed by atoms with Gasteiger partial charge in [0.05, 0.1) is 5.56 Å². The van der Waals surface area contributed by atoms with E-state index in [1.54, 1.807) is 0 Å². The molecule has 0 saturated carbocycles. The fourth-order valence-corrected chi connectivity index (χ4v) is 2.48. The van der Waals surface area contributed by atoms with Crippen LogP contribution < -0.4 is 10.6 Å². The van der Waals surface area contributed by atoms with Crippen molar-refractivity contribution in [1.29, 1.82) is 0 Å². The first kappa shape index (κ1) is 15.2. The van der Waals surface area contributed by atoms with Crippen molar-refractivity contribution in [1.82, 2.24) is 15.5 Å². The number of hydrogen-bond acceptors (Lipinski definition) is 3. The van der Waals surface area contributed by atoms with Crippen LogP contribution in [0, 0.1) is 5.82 Å². The lowest BCUT2D eigenvalue weighted by atomic mass is 10.1. The summed E-state index contributed by atoms with van der Waals surface area (Å²) in [5.74, 6) is -0.975. The van der Waals surface area contributed by atoms with Gasteiger partial charge in [-0.25, -0.2) is 4.39 Å². The highest BCUT2D eigenvalue weighted by molar-refractivity contribution is 6.30. The summed E-state index contributed by atoms with van der Waals surface area (Å²) >= 11 is 5.77. The van der Waals surface area contributed by atoms with Crippen LogP contribution in [0.3, 0.4) is 0 Å². The number of rotatable bonds is 4. The van der Waals surface area contributed by atoms with Gasteiger partial charge in [-0.15, -0.1) is 0 Å². The van der Waals surface area contributed by atoms with E-state index in [2.05, 4.69) is 22.6 Å². The van der Waals surface area contributed by atoms with Crippen LogP contribution in [0.2, 0.25) is 5.02 Å². The molecular formula is C14H19ClFN3O. The highest BCUT2D eigenvalue weighted by Crippen LogP contribution is 2.14. The number of benzene rings is 1. The summed E-state index contributed by atoms with van der Waals surface area (Å²) in [5, 5.41) is 6.48. The first-order valence-electron chi connectivity index (χ1n) is 6.71. The van der Waals surface area contributed by atoms with Gasteiger partial charge in [-0.3, -0.25) is 4.79 Å². The zero-order valence-corrected chi connectivity index (χ0v) is 12.2. The Morgan fingerprint density at radius 3 is 3.15 bits per heavy atom. The molecule has 110 valence electrons. The van der Waals surface area contributed by atoms with E-state index in [1.165, 1.54) is 18.2 Å². The molecule has 6 heteroatoms. The highest BCUT2D eigenvalue weighted by Gasteiger charge is 2.17. The van der Waals surface area contributed by atoms with Crippen LogP contribution in [-0.4, -0.2) is 50.1 Å². The normalized spacial score (nSPS) is 19.9. The molecule has 4 nitrogen and oxygen atoms in total. The Morgan fingerprint density at radius 1 is 1.60 bits per heavy atom. The maximum absolute atomic E-state index is 13.5. The predicted molar refractivity (Wildman–Crippen MR) is 77.6 cm³/mol. The predicted octanol–water partition coefficient (Wildman–Crippen LogP) is 1.50. The molecule has 0 aromatic heterocycles. The largest absolute Gasteiger partial charge is 0.352 e. The van der Waals surface area contributed by atoms with Crippen molar-refractivity contribution in [2.24, 2.45) is 0 Å². The molecule has 1 atom stereocenters. The van der Waals surface area contributed by atoms with Gasteiger partial charge >= 0.3 is 0 Å². The minimum Gasteiger partial charge on any atom is -0.352 e. The second-order valence-electron chi connectivity index (χ2n) is 5.08. The van der Waals surface area contributed by atoms with Gasteiger partial charge in [0.2, 0.25) is 0 Å². The molecule has 2 N–H and O–H groups in total. The van der Waals surface area contributed by atoms with E-state index in [-0.39, 0.29) is 5.56 Å². The van der Waals surface area contributed by atoms with Gasteiger partial charge in [0.1, 0.15) is 5.82 Å². The van der Waals surface area contributed by atoms with Gasteiger partial charge in [-0.2, -0.15) is 0 Å². The first-order valence-corrected chi connectivity index (χ1v) is 7.09. The van der Waals surface area contributed by atoms with Crippen LogP contribution in [0.5, 0.6) is 0 Å². The Morgan fingerprint density at radius 2 is 2.40 bits per heavy atom. The van der Waals surface area contributed by atoms with Gasteiger partial charge in [-0.05, 0) is 31.7 Å². The molecule has 1 aliphatic rings. The fourth-order valence-electron chi connectivity index (χ4n) is 2.31. The maximum atomic E-state index is 13.5. The molecule has 20 heavy (non-hydrogen) atoms. The topological polar surface area (TPSA) is 44.4 Å². The smallest absolute Gasteiger partial charge is 0.254 e. The van der Waals surface area contributed by atoms with E-state index in [0.29, 0.717) is 17.6 Å². The molecule has 0 bridgehead atoms. The van der Waals surface area contributed by atoms with Crippen LogP contribution in [0.4, 0.5) is 4.39 Å². The molecular weight excluding hydrogens is 281 g/mol. The first-order chi connectivity index (χ1) is 9.56. The molecule has 1 amide bonds. The Labute approximate surface area is 123 Å². The molecule has 1 fully saturated rings. The Balaban J connectivity index is 1.81. The lowest BCUT2D eigenvalue weighted by molar-refractivity contribution is 0.0946. The van der Waals surface area contributed by atoms with Crippen molar-refractivity contribution in [3.63, 3.8) is 0 Å². The number of carbonyl (C=O) groups is 1. The van der Waals surface area contributed by atoms with E-state index >= 15 is 0 Å². The molecule has 0 aliphatic carbocycles. The minimum atomic E-state index is -0.553. The zero-order valence-electron chi connectivity index (χ0n) is 11.5. The Kier molecular flexibility index (Phi) is 5.34. The van der Waals surface area contributed by atoms with Crippen LogP contribution in [0.15, 0.2) is 18.2 Å². The Bertz CT molecular complexity index is 483. The minimum absolute atomic E-state index is 0.00813. The lowest BCUT2D eigenvalue weighted by Gasteiger charge is -2.30. The fraction of sp³-hybridized carbons (Fsp3) is 0.500. The number of carbonyl (C=O) groups excluding carboxylic acids is 1. The van der Waals surface area contributed by atoms with E-state index in [9.17, 15) is 9.18 Å². The lowest BCUT2D eigenvalue weighted by Crippen LogP contribution is -2.50. The third-order valence-corrected chi connectivity index (χ3v) is 3.65. The summed E-state index contributed by atoms with van der Waals surface area (Å²) < 4.78 is 13.5. The van der Waals surface area contributed by atoms with Crippen LogP contribution in [0.1, 0.15) is 16.8 Å². The van der Waals surface area contributed by atoms with E-state index < -0.39 is 11.7 Å². The number of hydrogen-bond donors (Lipinski definition) is 2. The zero-order chi connectivity index (χ0) is 14.5. The maximum Gasteiger partial charge on any atom is 0.254 e. The van der Waals surface area contributed by atoms with E-state index in [4.69, 9.17) is 11.6 Å². The van der Waals surface area contributed by atoms with Gasteiger partial charge in [0, 0.05) is 37.2 Å². The van der Waals surface area contributed by atoms with Crippen molar-refractivity contribution < 1.29 is 9.18 Å². The number of halogens is 2. The Hall–Kier alpha value is -1.17. The molecule has 1 saturated heterocycles. The number of amides is 1. The molecule has 0 spiro atoms. The summed E-state index contributed by atoms with van der Waals surface area (Å²) in [6.45, 7) is 3.46. The second kappa shape index (κ2) is 7.02. The van der Waals surface area contributed by atoms with Gasteiger partial charge in [-0.1, -0.05) is 11.6 Å². The van der Waals surface area contributed by atoms with Crippen molar-refractivity contribution in [2.75, 3.05) is 33.2 Å². The molecule has 1 aliphatic heterocycles. The second-order valence-corrected chi connectivity index (χ2v) is 5.52. The van der Waals surface area contributed by atoms with E-state index in [0.717, 1.165) is 26.1 Å². The summed E-state index contributed by atoms with van der Waals surface area (Å²) in [5.41, 5.74) is -0.00813. The van der Waals surface area contributed by atoms with Gasteiger partial charge in [0.15, 0.2) is 0 Å². The average Bonchev–Trinajstić information content (AvgIpc) is 2.41. The molecule has 1 heterocycles. The monoisotopic (exact) mass is 299 g/mol. The van der Waals surface area contributed by atoms with Crippen LogP contribution in [-0.2, 0) is 0 Å². The van der Waals surface area contributed by atoms with Crippen molar-refractivity contribution in [2.45, 2.75) is 12.5 Å². The summed E-state index contributed by atoms with van der Waals surface area (Å²) in [7, 11) is 2.08. The standard InChI is InChI=1S/C14H19ClFN3O/c1-19-7-6-17-11(9-19)4-5-18-14(20)12-8-10(15)2-3-13(12)16/h2-3,8,11,17H,4-7,9H2,1H3,(H,18,20). The SMILES string of the molecule is CN1CCNC(CCNC(=O)c2cc(Cl)ccc2F)C1. The molecule has 1 aromatic carbocycles. The number of piperazine rings is 1. The van der Waals surface area contributed by atoms with E-state index in [1.807, 2.05) is 0 Å². The van der Waals surface area contributed by atoms with Crippen molar-refractivity contribution in [3.05, 3.63) is 34.6 Å². The quantitative estimate of drug-likeness (QED) is 0.886. The van der Waals surface area contributed by atoms with Crippen LogP contribution in [0.25, 0.3) is 0 Å². The number of nitrogens with zero attached hydrogens (tertiary/aromatic N) is 1. The summed E-state index contributed by atoms with van der Waals surface area (Å²) in [6, 6.07) is 4.33. The average molecular weight is 300 g/mol. The third kappa shape index (κ3) is 4.16. The van der Waals surface area contributed by atoms with Crippen molar-refractivity contribution >= 4 is 17.5 Å². The highest BCUT2D eigenvalue weighted by atomic mass is 35.5. The molecule has 0 radical (unpaired) electrons. The van der Waals surface area contributed by atoms with Crippen molar-refractivity contribution in [3.8, 4) is 0 Å². The van der Waals surface area contributed by atoms with Crippen LogP contribution >= 0.6 is 11.6 Å². The molecule has 2 rings (SSSR count). The summed E-state index contributed by atoms with van der Waals surface area (Å²) in [4.78, 5) is 14.1. The molecule has 1 unspecified atom stereocenters. The van der Waals surface area contributed by atoms with Gasteiger partial charge < -0.3 is 15.5 Å². The summed E-state index contributed by atoms with van der Waals surface area (Å²) in [6.07, 6.45) is 0.818. The third-order valence-electron chi connectivity index (χ3n) is 3.41. The number of likely N-dealkylation sites (N-methyl/N-ethyl adjacent to an activating group) is 1. The number of nitrogens with one attached hydrogen (secondary N) is 2.